The molecular formula is C23H27N5O5S. The van der Waals surface area contributed by atoms with E-state index in [1.54, 1.807) is 30.3 Å². The lowest BCUT2D eigenvalue weighted by atomic mass is 10.1. The molecular weight excluding hydrogens is 458 g/mol. The van der Waals surface area contributed by atoms with Gasteiger partial charge in [-0.2, -0.15) is 0 Å². The van der Waals surface area contributed by atoms with Crippen molar-refractivity contribution in [2.45, 2.75) is 26.2 Å². The van der Waals surface area contributed by atoms with Crippen LogP contribution >= 0.6 is 12.2 Å². The average molecular weight is 486 g/mol. The molecule has 1 heterocycles. The summed E-state index contributed by atoms with van der Waals surface area (Å²) in [7, 11) is 0. The molecule has 0 radical (unpaired) electrons. The number of nitro groups is 1. The van der Waals surface area contributed by atoms with Gasteiger partial charge in [-0.3, -0.25) is 25.0 Å². The molecule has 34 heavy (non-hydrogen) atoms. The van der Waals surface area contributed by atoms with Crippen molar-refractivity contribution in [1.82, 2.24) is 5.32 Å². The van der Waals surface area contributed by atoms with E-state index in [1.165, 1.54) is 12.1 Å². The second-order valence-corrected chi connectivity index (χ2v) is 8.11. The van der Waals surface area contributed by atoms with Gasteiger partial charge < -0.3 is 20.3 Å². The number of hydrogen-bond donors (Lipinski definition) is 3. The van der Waals surface area contributed by atoms with Gasteiger partial charge >= 0.3 is 0 Å². The molecule has 0 bridgehead atoms. The fourth-order valence-corrected chi connectivity index (χ4v) is 3.68. The molecule has 3 rings (SSSR count). The van der Waals surface area contributed by atoms with Gasteiger partial charge in [0.2, 0.25) is 5.91 Å². The predicted molar refractivity (Wildman–Crippen MR) is 134 cm³/mol. The quantitative estimate of drug-likeness (QED) is 0.294. The van der Waals surface area contributed by atoms with Crippen molar-refractivity contribution in [2.24, 2.45) is 0 Å². The second-order valence-electron chi connectivity index (χ2n) is 7.70. The van der Waals surface area contributed by atoms with Crippen LogP contribution in [0.1, 0.15) is 36.5 Å². The lowest BCUT2D eigenvalue weighted by Gasteiger charge is -2.30. The average Bonchev–Trinajstić information content (AvgIpc) is 2.83. The molecule has 2 amide bonds. The lowest BCUT2D eigenvalue weighted by Crippen LogP contribution is -2.39. The Bertz CT molecular complexity index is 1070. The molecule has 10 nitrogen and oxygen atoms in total. The fourth-order valence-electron chi connectivity index (χ4n) is 3.47. The molecule has 0 aliphatic carbocycles. The maximum Gasteiger partial charge on any atom is 0.270 e. The summed E-state index contributed by atoms with van der Waals surface area (Å²) in [6, 6.07) is 11.1. The maximum absolute atomic E-state index is 13.0. The Labute approximate surface area is 202 Å². The number of thiocarbonyl (C=S) groups is 1. The highest BCUT2D eigenvalue weighted by Crippen LogP contribution is 2.26. The third-order valence-corrected chi connectivity index (χ3v) is 5.38. The van der Waals surface area contributed by atoms with Crippen LogP contribution in [0.25, 0.3) is 0 Å². The number of hydrogen-bond acceptors (Lipinski definition) is 7. The monoisotopic (exact) mass is 485 g/mol. The van der Waals surface area contributed by atoms with Crippen molar-refractivity contribution >= 4 is 51.9 Å². The molecule has 0 saturated carbocycles. The van der Waals surface area contributed by atoms with E-state index in [2.05, 4.69) is 16.0 Å². The minimum atomic E-state index is -0.563. The highest BCUT2D eigenvalue weighted by atomic mass is 32.1. The summed E-state index contributed by atoms with van der Waals surface area (Å²) in [5, 5.41) is 19.6. The predicted octanol–water partition coefficient (Wildman–Crippen LogP) is 3.69. The molecule has 1 aliphatic rings. The van der Waals surface area contributed by atoms with Gasteiger partial charge in [0, 0.05) is 43.0 Å². The molecule has 3 N–H and O–H groups in total. The smallest absolute Gasteiger partial charge is 0.270 e. The molecule has 0 unspecified atom stereocenters. The number of morpholine rings is 1. The summed E-state index contributed by atoms with van der Waals surface area (Å²) in [5.41, 5.74) is 1.72. The van der Waals surface area contributed by atoms with Crippen LogP contribution in [-0.2, 0) is 9.53 Å². The van der Waals surface area contributed by atoms with Gasteiger partial charge in [0.1, 0.15) is 0 Å². The first kappa shape index (κ1) is 25.1. The number of benzene rings is 2. The van der Waals surface area contributed by atoms with E-state index >= 15 is 0 Å². The van der Waals surface area contributed by atoms with Crippen molar-refractivity contribution in [3.63, 3.8) is 0 Å². The Balaban J connectivity index is 1.70. The summed E-state index contributed by atoms with van der Waals surface area (Å²) >= 11 is 5.29. The fraction of sp³-hybridized carbons (Fsp3) is 0.348. The SMILES string of the molecule is CCCCC(=O)Nc1cccc(NC(=S)NC(=O)c2cc([N+](=O)[O-])ccc2N2CCOCC2)c1. The number of nitro benzene ring substituents is 1. The van der Waals surface area contributed by atoms with Crippen LogP contribution < -0.4 is 20.9 Å². The van der Waals surface area contributed by atoms with Crippen molar-refractivity contribution in [3.05, 3.63) is 58.1 Å². The van der Waals surface area contributed by atoms with Gasteiger partial charge in [0.15, 0.2) is 5.11 Å². The van der Waals surface area contributed by atoms with Crippen molar-refractivity contribution in [1.29, 1.82) is 0 Å². The molecule has 0 spiro atoms. The van der Waals surface area contributed by atoms with E-state index in [1.807, 2.05) is 11.8 Å². The molecule has 180 valence electrons. The molecule has 1 aliphatic heterocycles. The minimum Gasteiger partial charge on any atom is -0.378 e. The van der Waals surface area contributed by atoms with E-state index < -0.39 is 10.8 Å². The standard InChI is InChI=1S/C23H27N5O5S/c1-2-3-7-21(29)24-16-5-4-6-17(14-16)25-23(34)26-22(30)19-15-18(28(31)32)8-9-20(19)27-10-12-33-13-11-27/h4-6,8-9,14-15H,2-3,7,10-13H2,1H3,(H,24,29)(H2,25,26,30,34). The Morgan fingerprint density at radius 3 is 2.50 bits per heavy atom. The van der Waals surface area contributed by atoms with E-state index in [-0.39, 0.29) is 22.3 Å². The van der Waals surface area contributed by atoms with E-state index in [0.717, 1.165) is 12.8 Å². The highest BCUT2D eigenvalue weighted by Gasteiger charge is 2.22. The van der Waals surface area contributed by atoms with Crippen LogP contribution in [0.2, 0.25) is 0 Å². The third-order valence-electron chi connectivity index (χ3n) is 5.18. The van der Waals surface area contributed by atoms with Gasteiger partial charge in [0.05, 0.1) is 29.4 Å². The van der Waals surface area contributed by atoms with Gasteiger partial charge in [-0.05, 0) is 42.9 Å². The van der Waals surface area contributed by atoms with Crippen molar-refractivity contribution < 1.29 is 19.2 Å². The van der Waals surface area contributed by atoms with Crippen LogP contribution in [0, 0.1) is 10.1 Å². The Morgan fingerprint density at radius 2 is 1.82 bits per heavy atom. The molecule has 1 saturated heterocycles. The summed E-state index contributed by atoms with van der Waals surface area (Å²) in [5.74, 6) is -0.636. The first-order valence-electron chi connectivity index (χ1n) is 11.0. The number of ether oxygens (including phenoxy) is 1. The summed E-state index contributed by atoms with van der Waals surface area (Å²) < 4.78 is 5.36. The molecule has 2 aromatic carbocycles. The number of carbonyl (C=O) groups is 2. The molecule has 0 atom stereocenters. The van der Waals surface area contributed by atoms with E-state index in [0.29, 0.717) is 49.8 Å². The zero-order chi connectivity index (χ0) is 24.5. The van der Waals surface area contributed by atoms with Gasteiger partial charge in [-0.1, -0.05) is 19.4 Å². The van der Waals surface area contributed by atoms with Gasteiger partial charge in [-0.25, -0.2) is 0 Å². The Hall–Kier alpha value is -3.57. The lowest BCUT2D eigenvalue weighted by molar-refractivity contribution is -0.384. The number of non-ortho nitro benzene ring substituents is 1. The molecule has 11 heteroatoms. The summed E-state index contributed by atoms with van der Waals surface area (Å²) in [6.07, 6.45) is 2.18. The van der Waals surface area contributed by atoms with Crippen molar-refractivity contribution in [3.8, 4) is 0 Å². The van der Waals surface area contributed by atoms with Crippen LogP contribution in [0.4, 0.5) is 22.7 Å². The van der Waals surface area contributed by atoms with Crippen molar-refractivity contribution in [2.75, 3.05) is 41.8 Å². The van der Waals surface area contributed by atoms with Crippen LogP contribution in [0.5, 0.6) is 0 Å². The van der Waals surface area contributed by atoms with Crippen LogP contribution in [-0.4, -0.2) is 48.2 Å². The van der Waals surface area contributed by atoms with Crippen LogP contribution in [0.3, 0.4) is 0 Å². The number of carbonyl (C=O) groups excluding carboxylic acids is 2. The normalized spacial score (nSPS) is 13.1. The topological polar surface area (TPSA) is 126 Å². The largest absolute Gasteiger partial charge is 0.378 e. The highest BCUT2D eigenvalue weighted by molar-refractivity contribution is 7.80. The molecule has 1 fully saturated rings. The van der Waals surface area contributed by atoms with E-state index in [4.69, 9.17) is 17.0 Å². The first-order valence-corrected chi connectivity index (χ1v) is 11.4. The number of unbranched alkanes of at least 4 members (excludes halogenated alkanes) is 1. The number of amides is 2. The minimum absolute atomic E-state index is 0.0268. The maximum atomic E-state index is 13.0. The van der Waals surface area contributed by atoms with Crippen LogP contribution in [0.15, 0.2) is 42.5 Å². The Morgan fingerprint density at radius 1 is 1.12 bits per heavy atom. The van der Waals surface area contributed by atoms with Gasteiger partial charge in [0.25, 0.3) is 11.6 Å². The number of anilines is 3. The summed E-state index contributed by atoms with van der Waals surface area (Å²) in [6.45, 7) is 4.16. The first-order chi connectivity index (χ1) is 16.4. The summed E-state index contributed by atoms with van der Waals surface area (Å²) in [4.78, 5) is 37.7. The Kier molecular flexibility index (Phi) is 8.88. The number of rotatable bonds is 8. The number of nitrogens with zero attached hydrogens (tertiary/aromatic N) is 2. The number of nitrogens with one attached hydrogen (secondary N) is 3. The molecule has 2 aromatic rings. The molecule has 0 aromatic heterocycles. The third kappa shape index (κ3) is 6.96. The van der Waals surface area contributed by atoms with E-state index in [9.17, 15) is 19.7 Å². The van der Waals surface area contributed by atoms with Gasteiger partial charge in [-0.15, -0.1) is 0 Å². The second kappa shape index (κ2) is 12.1. The zero-order valence-electron chi connectivity index (χ0n) is 18.8. The zero-order valence-corrected chi connectivity index (χ0v) is 19.7.